The summed E-state index contributed by atoms with van der Waals surface area (Å²) in [5.74, 6) is 0.493. The maximum Gasteiger partial charge on any atom is 0.196 e. The van der Waals surface area contributed by atoms with Gasteiger partial charge < -0.3 is 4.74 Å². The molecule has 0 saturated carbocycles. The second kappa shape index (κ2) is 6.22. The molecule has 2 rings (SSSR count). The number of hydrogen-bond acceptors (Lipinski definition) is 2. The zero-order valence-electron chi connectivity index (χ0n) is 10.3. The van der Waals surface area contributed by atoms with Crippen LogP contribution in [0.15, 0.2) is 46.9 Å². The number of para-hydroxylation sites is 1. The number of ketones is 1. The van der Waals surface area contributed by atoms with E-state index in [-0.39, 0.29) is 5.78 Å². The summed E-state index contributed by atoms with van der Waals surface area (Å²) in [6.45, 7) is 2.41. The maximum atomic E-state index is 12.5. The van der Waals surface area contributed by atoms with Gasteiger partial charge in [-0.2, -0.15) is 0 Å². The molecule has 0 heterocycles. The highest BCUT2D eigenvalue weighted by Gasteiger charge is 2.15. The largest absolute Gasteiger partial charge is 0.493 e. The van der Waals surface area contributed by atoms with E-state index in [4.69, 9.17) is 16.3 Å². The summed E-state index contributed by atoms with van der Waals surface area (Å²) < 4.78 is 6.24. The van der Waals surface area contributed by atoms with Gasteiger partial charge in [-0.15, -0.1) is 0 Å². The second-order valence-electron chi connectivity index (χ2n) is 3.89. The van der Waals surface area contributed by atoms with Crippen LogP contribution in [0.1, 0.15) is 22.8 Å². The molecular formula is C15H12BrClO2. The molecule has 0 bridgehead atoms. The first-order valence-corrected chi connectivity index (χ1v) is 7.02. The van der Waals surface area contributed by atoms with E-state index in [2.05, 4.69) is 15.9 Å². The molecule has 0 fully saturated rings. The van der Waals surface area contributed by atoms with Crippen LogP contribution in [0.25, 0.3) is 0 Å². The van der Waals surface area contributed by atoms with Gasteiger partial charge in [-0.05, 0) is 53.2 Å². The van der Waals surface area contributed by atoms with Crippen molar-refractivity contribution in [1.29, 1.82) is 0 Å². The van der Waals surface area contributed by atoms with E-state index in [0.29, 0.717) is 28.5 Å². The first kappa shape index (κ1) is 14.1. The third kappa shape index (κ3) is 3.17. The van der Waals surface area contributed by atoms with Crippen molar-refractivity contribution in [3.63, 3.8) is 0 Å². The van der Waals surface area contributed by atoms with E-state index in [0.717, 1.165) is 4.47 Å². The summed E-state index contributed by atoms with van der Waals surface area (Å²) in [5.41, 5.74) is 1.09. The lowest BCUT2D eigenvalue weighted by molar-refractivity contribution is 0.103. The lowest BCUT2D eigenvalue weighted by atomic mass is 10.0. The molecule has 2 nitrogen and oxygen atoms in total. The lowest BCUT2D eigenvalue weighted by Gasteiger charge is -2.09. The van der Waals surface area contributed by atoms with Gasteiger partial charge >= 0.3 is 0 Å². The predicted molar refractivity (Wildman–Crippen MR) is 80.2 cm³/mol. The molecule has 0 amide bonds. The van der Waals surface area contributed by atoms with Crippen LogP contribution >= 0.6 is 27.5 Å². The SMILES string of the molecule is CCOc1ccccc1C(=O)c1ccc(Br)c(Cl)c1. The second-order valence-corrected chi connectivity index (χ2v) is 5.15. The monoisotopic (exact) mass is 338 g/mol. The molecular weight excluding hydrogens is 328 g/mol. The predicted octanol–water partition coefficient (Wildman–Crippen LogP) is 4.73. The molecule has 2 aromatic rings. The summed E-state index contributed by atoms with van der Waals surface area (Å²) in [6.07, 6.45) is 0. The number of ether oxygens (including phenoxy) is 1. The third-order valence-corrected chi connectivity index (χ3v) is 3.85. The van der Waals surface area contributed by atoms with Crippen molar-refractivity contribution in [2.75, 3.05) is 6.61 Å². The summed E-state index contributed by atoms with van der Waals surface area (Å²) in [4.78, 5) is 12.5. The van der Waals surface area contributed by atoms with Crippen molar-refractivity contribution in [3.05, 3.63) is 63.1 Å². The smallest absolute Gasteiger partial charge is 0.196 e. The van der Waals surface area contributed by atoms with Gasteiger partial charge in [-0.1, -0.05) is 23.7 Å². The average molecular weight is 340 g/mol. The summed E-state index contributed by atoms with van der Waals surface area (Å²) >= 11 is 9.32. The molecule has 0 spiro atoms. The molecule has 0 aliphatic rings. The van der Waals surface area contributed by atoms with Crippen LogP contribution in [0.3, 0.4) is 0 Å². The van der Waals surface area contributed by atoms with E-state index >= 15 is 0 Å². The highest BCUT2D eigenvalue weighted by molar-refractivity contribution is 9.10. The van der Waals surface area contributed by atoms with Crippen molar-refractivity contribution in [2.24, 2.45) is 0 Å². The molecule has 0 radical (unpaired) electrons. The molecule has 98 valence electrons. The highest BCUT2D eigenvalue weighted by Crippen LogP contribution is 2.26. The van der Waals surface area contributed by atoms with Gasteiger partial charge in [-0.3, -0.25) is 4.79 Å². The van der Waals surface area contributed by atoms with Crippen LogP contribution in [0.4, 0.5) is 0 Å². The Morgan fingerprint density at radius 1 is 1.26 bits per heavy atom. The minimum absolute atomic E-state index is 0.0987. The fourth-order valence-corrected chi connectivity index (χ4v) is 2.16. The van der Waals surface area contributed by atoms with Gasteiger partial charge in [0.25, 0.3) is 0 Å². The number of halogens is 2. The van der Waals surface area contributed by atoms with Gasteiger partial charge in [-0.25, -0.2) is 0 Å². The Balaban J connectivity index is 2.41. The molecule has 19 heavy (non-hydrogen) atoms. The standard InChI is InChI=1S/C15H12BrClO2/c1-2-19-14-6-4-3-5-11(14)15(18)10-7-8-12(16)13(17)9-10/h3-9H,2H2,1H3. The van der Waals surface area contributed by atoms with E-state index in [1.54, 1.807) is 30.3 Å². The lowest BCUT2D eigenvalue weighted by Crippen LogP contribution is -2.05. The van der Waals surface area contributed by atoms with Crippen molar-refractivity contribution in [3.8, 4) is 5.75 Å². The fraction of sp³-hybridized carbons (Fsp3) is 0.133. The van der Waals surface area contributed by atoms with Crippen LogP contribution in [-0.4, -0.2) is 12.4 Å². The number of hydrogen-bond donors (Lipinski definition) is 0. The van der Waals surface area contributed by atoms with Crippen LogP contribution in [0.5, 0.6) is 5.75 Å². The number of rotatable bonds is 4. The van der Waals surface area contributed by atoms with Gasteiger partial charge in [0.15, 0.2) is 5.78 Å². The van der Waals surface area contributed by atoms with Crippen molar-refractivity contribution in [1.82, 2.24) is 0 Å². The Morgan fingerprint density at radius 3 is 2.68 bits per heavy atom. The molecule has 0 aliphatic carbocycles. The number of benzene rings is 2. The van der Waals surface area contributed by atoms with Gasteiger partial charge in [0.05, 0.1) is 17.2 Å². The summed E-state index contributed by atoms with van der Waals surface area (Å²) in [6, 6.07) is 12.4. The zero-order chi connectivity index (χ0) is 13.8. The minimum atomic E-state index is -0.0987. The normalized spacial score (nSPS) is 10.3. The minimum Gasteiger partial charge on any atom is -0.493 e. The van der Waals surface area contributed by atoms with Crippen molar-refractivity contribution >= 4 is 33.3 Å². The van der Waals surface area contributed by atoms with Gasteiger partial charge in [0, 0.05) is 10.0 Å². The Kier molecular flexibility index (Phi) is 4.61. The van der Waals surface area contributed by atoms with Gasteiger partial charge in [0.2, 0.25) is 0 Å². The van der Waals surface area contributed by atoms with Gasteiger partial charge in [0.1, 0.15) is 5.75 Å². The number of carbonyl (C=O) groups excluding carboxylic acids is 1. The quantitative estimate of drug-likeness (QED) is 0.753. The van der Waals surface area contributed by atoms with E-state index in [1.807, 2.05) is 19.1 Å². The molecule has 2 aromatic carbocycles. The van der Waals surface area contributed by atoms with Crippen LogP contribution in [0.2, 0.25) is 5.02 Å². The first-order valence-electron chi connectivity index (χ1n) is 5.85. The molecule has 0 unspecified atom stereocenters. The Bertz CT molecular complexity index is 611. The van der Waals surface area contributed by atoms with Crippen molar-refractivity contribution in [2.45, 2.75) is 6.92 Å². The molecule has 0 aliphatic heterocycles. The van der Waals surface area contributed by atoms with E-state index in [1.165, 1.54) is 0 Å². The molecule has 4 heteroatoms. The summed E-state index contributed by atoms with van der Waals surface area (Å²) in [7, 11) is 0. The number of carbonyl (C=O) groups is 1. The van der Waals surface area contributed by atoms with E-state index in [9.17, 15) is 4.79 Å². The third-order valence-electron chi connectivity index (χ3n) is 2.61. The first-order chi connectivity index (χ1) is 9.13. The van der Waals surface area contributed by atoms with E-state index < -0.39 is 0 Å². The zero-order valence-corrected chi connectivity index (χ0v) is 12.7. The Labute approximate surface area is 125 Å². The topological polar surface area (TPSA) is 26.3 Å². The molecule has 0 saturated heterocycles. The average Bonchev–Trinajstić information content (AvgIpc) is 2.42. The fourth-order valence-electron chi connectivity index (χ4n) is 1.73. The van der Waals surface area contributed by atoms with Crippen molar-refractivity contribution < 1.29 is 9.53 Å². The summed E-state index contributed by atoms with van der Waals surface area (Å²) in [5, 5.41) is 0.514. The van der Waals surface area contributed by atoms with Crippen LogP contribution < -0.4 is 4.74 Å². The molecule has 0 aromatic heterocycles. The highest BCUT2D eigenvalue weighted by atomic mass is 79.9. The Hall–Kier alpha value is -1.32. The molecule has 0 N–H and O–H groups in total. The van der Waals surface area contributed by atoms with Crippen LogP contribution in [-0.2, 0) is 0 Å². The maximum absolute atomic E-state index is 12.5. The molecule has 0 atom stereocenters. The van der Waals surface area contributed by atoms with Crippen LogP contribution in [0, 0.1) is 0 Å². The Morgan fingerprint density at radius 2 is 2.00 bits per heavy atom.